The molecule has 1 aliphatic rings. The van der Waals surface area contributed by atoms with E-state index in [1.54, 1.807) is 11.8 Å². The first-order chi connectivity index (χ1) is 8.15. The Bertz CT molecular complexity index is 439. The Morgan fingerprint density at radius 1 is 1.59 bits per heavy atom. The van der Waals surface area contributed by atoms with Gasteiger partial charge in [0.1, 0.15) is 12.4 Å². The van der Waals surface area contributed by atoms with Gasteiger partial charge in [0.15, 0.2) is 11.6 Å². The van der Waals surface area contributed by atoms with Crippen LogP contribution in [-0.4, -0.2) is 35.6 Å². The summed E-state index contributed by atoms with van der Waals surface area (Å²) in [5, 5.41) is 0. The topological polar surface area (TPSA) is 55.3 Å². The van der Waals surface area contributed by atoms with Gasteiger partial charge >= 0.3 is 5.97 Å². The van der Waals surface area contributed by atoms with Crippen LogP contribution in [-0.2, 0) is 9.53 Å². The summed E-state index contributed by atoms with van der Waals surface area (Å²) in [7, 11) is 1.33. The van der Waals surface area contributed by atoms with Gasteiger partial charge in [0.05, 0.1) is 12.8 Å². The number of carbonyl (C=O) groups is 1. The average Bonchev–Trinajstić information content (AvgIpc) is 2.80. The molecule has 0 amide bonds. The van der Waals surface area contributed by atoms with Gasteiger partial charge in [-0.25, -0.2) is 19.2 Å². The molecule has 0 saturated carbocycles. The van der Waals surface area contributed by atoms with Gasteiger partial charge in [0.2, 0.25) is 0 Å². The van der Waals surface area contributed by atoms with Crippen LogP contribution in [0.5, 0.6) is 0 Å². The minimum atomic E-state index is -0.469. The molecule has 2 heterocycles. The molecule has 0 aromatic carbocycles. The number of esters is 1. The van der Waals surface area contributed by atoms with Gasteiger partial charge in [-0.1, -0.05) is 0 Å². The zero-order valence-electron chi connectivity index (χ0n) is 9.81. The highest BCUT2D eigenvalue weighted by Gasteiger charge is 2.34. The Labute approximate surface area is 98.6 Å². The number of hydrogen-bond acceptors (Lipinski definition) is 5. The summed E-state index contributed by atoms with van der Waals surface area (Å²) in [4.78, 5) is 20.9. The summed E-state index contributed by atoms with van der Waals surface area (Å²) in [6.07, 6.45) is 2.79. The van der Waals surface area contributed by atoms with Gasteiger partial charge in [-0.05, 0) is 19.8 Å². The second-order valence-corrected chi connectivity index (χ2v) is 3.97. The molecule has 0 aliphatic carbocycles. The molecule has 5 nitrogen and oxygen atoms in total. The number of methoxy groups -OCH3 is 1. The van der Waals surface area contributed by atoms with Crippen molar-refractivity contribution in [3.63, 3.8) is 0 Å². The summed E-state index contributed by atoms with van der Waals surface area (Å²) in [6, 6.07) is -0.441. The molecule has 6 heteroatoms. The molecule has 0 radical (unpaired) electrons. The number of halogens is 1. The van der Waals surface area contributed by atoms with Crippen molar-refractivity contribution in [1.29, 1.82) is 0 Å². The van der Waals surface area contributed by atoms with Gasteiger partial charge in [-0.3, -0.25) is 0 Å². The van der Waals surface area contributed by atoms with E-state index < -0.39 is 11.9 Å². The lowest BCUT2D eigenvalue weighted by Crippen LogP contribution is -2.38. The lowest BCUT2D eigenvalue weighted by Gasteiger charge is -2.23. The first-order valence-corrected chi connectivity index (χ1v) is 5.46. The maximum atomic E-state index is 13.9. The zero-order chi connectivity index (χ0) is 12.4. The number of hydrogen-bond donors (Lipinski definition) is 0. The van der Waals surface area contributed by atoms with Crippen LogP contribution in [0.4, 0.5) is 10.2 Å². The predicted molar refractivity (Wildman–Crippen MR) is 59.1 cm³/mol. The minimum Gasteiger partial charge on any atom is -0.467 e. The minimum absolute atomic E-state index is 0.186. The lowest BCUT2D eigenvalue weighted by molar-refractivity contribution is -0.141. The molecule has 1 fully saturated rings. The second-order valence-electron chi connectivity index (χ2n) is 3.97. The SMILES string of the molecule is COC(=O)C1CCCN1c1ncnc(C)c1F. The first-order valence-electron chi connectivity index (χ1n) is 5.46. The largest absolute Gasteiger partial charge is 0.467 e. The number of aromatic nitrogens is 2. The fourth-order valence-corrected chi connectivity index (χ4v) is 2.05. The van der Waals surface area contributed by atoms with Crippen LogP contribution in [0.15, 0.2) is 6.33 Å². The van der Waals surface area contributed by atoms with Crippen molar-refractivity contribution < 1.29 is 13.9 Å². The fourth-order valence-electron chi connectivity index (χ4n) is 2.05. The molecule has 1 unspecified atom stereocenters. The first kappa shape index (κ1) is 11.8. The van der Waals surface area contributed by atoms with Crippen molar-refractivity contribution in [3.05, 3.63) is 17.8 Å². The van der Waals surface area contributed by atoms with Crippen LogP contribution in [0.2, 0.25) is 0 Å². The Hall–Kier alpha value is -1.72. The number of ether oxygens (including phenoxy) is 1. The highest BCUT2D eigenvalue weighted by atomic mass is 19.1. The number of nitrogens with zero attached hydrogens (tertiary/aromatic N) is 3. The van der Waals surface area contributed by atoms with Gasteiger partial charge < -0.3 is 9.64 Å². The number of rotatable bonds is 2. The molecule has 92 valence electrons. The van der Waals surface area contributed by atoms with E-state index in [1.165, 1.54) is 13.4 Å². The summed E-state index contributed by atoms with van der Waals surface area (Å²) in [5.41, 5.74) is 0.283. The van der Waals surface area contributed by atoms with Crippen molar-refractivity contribution in [3.8, 4) is 0 Å². The third kappa shape index (κ3) is 2.07. The molecule has 1 atom stereocenters. The summed E-state index contributed by atoms with van der Waals surface area (Å²) in [6.45, 7) is 2.18. The van der Waals surface area contributed by atoms with E-state index in [0.29, 0.717) is 13.0 Å². The quantitative estimate of drug-likeness (QED) is 0.722. The van der Waals surface area contributed by atoms with E-state index in [9.17, 15) is 9.18 Å². The molecular weight excluding hydrogens is 225 g/mol. The van der Waals surface area contributed by atoms with Crippen LogP contribution >= 0.6 is 0 Å². The Morgan fingerprint density at radius 2 is 2.35 bits per heavy atom. The van der Waals surface area contributed by atoms with Crippen molar-refractivity contribution in [2.45, 2.75) is 25.8 Å². The maximum Gasteiger partial charge on any atom is 0.328 e. The summed E-state index contributed by atoms with van der Waals surface area (Å²) >= 11 is 0. The monoisotopic (exact) mass is 239 g/mol. The maximum absolute atomic E-state index is 13.9. The van der Waals surface area contributed by atoms with Crippen LogP contribution < -0.4 is 4.90 Å². The Balaban J connectivity index is 2.32. The number of aryl methyl sites for hydroxylation is 1. The number of carbonyl (C=O) groups excluding carboxylic acids is 1. The van der Waals surface area contributed by atoms with Gasteiger partial charge in [0, 0.05) is 6.54 Å². The van der Waals surface area contributed by atoms with Crippen molar-refractivity contribution in [2.75, 3.05) is 18.6 Å². The molecule has 0 spiro atoms. The summed E-state index contributed by atoms with van der Waals surface area (Å²) < 4.78 is 18.6. The van der Waals surface area contributed by atoms with Crippen molar-refractivity contribution >= 4 is 11.8 Å². The standard InChI is InChI=1S/C11H14FN3O2/c1-7-9(12)10(14-6-13-7)15-5-3-4-8(15)11(16)17-2/h6,8H,3-5H2,1-2H3. The van der Waals surface area contributed by atoms with E-state index in [1.807, 2.05) is 0 Å². The smallest absolute Gasteiger partial charge is 0.328 e. The van der Waals surface area contributed by atoms with E-state index >= 15 is 0 Å². The highest BCUT2D eigenvalue weighted by Crippen LogP contribution is 2.27. The summed E-state index contributed by atoms with van der Waals surface area (Å²) in [5.74, 6) is -0.633. The van der Waals surface area contributed by atoms with Crippen molar-refractivity contribution in [2.24, 2.45) is 0 Å². The molecule has 17 heavy (non-hydrogen) atoms. The van der Waals surface area contributed by atoms with E-state index in [2.05, 4.69) is 9.97 Å². The molecule has 1 aromatic heterocycles. The molecule has 0 bridgehead atoms. The molecule has 1 aliphatic heterocycles. The second kappa shape index (κ2) is 4.65. The van der Waals surface area contributed by atoms with E-state index in [0.717, 1.165) is 6.42 Å². The van der Waals surface area contributed by atoms with Crippen molar-refractivity contribution in [1.82, 2.24) is 9.97 Å². The van der Waals surface area contributed by atoms with Gasteiger partial charge in [-0.2, -0.15) is 0 Å². The molecular formula is C11H14FN3O2. The van der Waals surface area contributed by atoms with Crippen LogP contribution in [0.25, 0.3) is 0 Å². The van der Waals surface area contributed by atoms with E-state index in [4.69, 9.17) is 4.74 Å². The third-order valence-electron chi connectivity index (χ3n) is 2.94. The normalized spacial score (nSPS) is 19.5. The van der Waals surface area contributed by atoms with Crippen LogP contribution in [0, 0.1) is 12.7 Å². The molecule has 2 rings (SSSR count). The lowest BCUT2D eigenvalue weighted by atomic mass is 10.2. The molecule has 1 aromatic rings. The predicted octanol–water partition coefficient (Wildman–Crippen LogP) is 1.07. The van der Waals surface area contributed by atoms with Gasteiger partial charge in [0.25, 0.3) is 0 Å². The van der Waals surface area contributed by atoms with Gasteiger partial charge in [-0.15, -0.1) is 0 Å². The van der Waals surface area contributed by atoms with Crippen LogP contribution in [0.1, 0.15) is 18.5 Å². The van der Waals surface area contributed by atoms with E-state index in [-0.39, 0.29) is 17.5 Å². The molecule has 0 N–H and O–H groups in total. The average molecular weight is 239 g/mol. The number of anilines is 1. The zero-order valence-corrected chi connectivity index (χ0v) is 9.81. The Morgan fingerprint density at radius 3 is 3.06 bits per heavy atom. The van der Waals surface area contributed by atoms with Crippen LogP contribution in [0.3, 0.4) is 0 Å². The third-order valence-corrected chi connectivity index (χ3v) is 2.94. The highest BCUT2D eigenvalue weighted by molar-refractivity contribution is 5.80. The molecule has 1 saturated heterocycles. The Kier molecular flexibility index (Phi) is 3.21. The fraction of sp³-hybridized carbons (Fsp3) is 0.545.